The number of carbonyl (C=O) groups is 1. The van der Waals surface area contributed by atoms with Gasteiger partial charge in [-0.1, -0.05) is 0 Å². The zero-order chi connectivity index (χ0) is 14.2. The number of rotatable bonds is 3. The summed E-state index contributed by atoms with van der Waals surface area (Å²) in [5, 5.41) is 8.94. The summed E-state index contributed by atoms with van der Waals surface area (Å²) in [6.45, 7) is 1.70. The maximum Gasteiger partial charge on any atom is 0.334 e. The Bertz CT molecular complexity index is 594. The molecule has 1 aromatic heterocycles. The number of hydrogen-bond acceptors (Lipinski definition) is 5. The van der Waals surface area contributed by atoms with Gasteiger partial charge in [0.15, 0.2) is 11.1 Å². The minimum Gasteiger partial charge on any atom is -0.479 e. The molecule has 19 heavy (non-hydrogen) atoms. The third kappa shape index (κ3) is 2.48. The molecular weight excluding hydrogens is 274 g/mol. The third-order valence-electron chi connectivity index (χ3n) is 3.09. The molecule has 0 aliphatic carbocycles. The molecule has 2 heterocycles. The van der Waals surface area contributed by atoms with Crippen LogP contribution in [0.2, 0.25) is 0 Å². The van der Waals surface area contributed by atoms with Crippen LogP contribution in [0.25, 0.3) is 0 Å². The van der Waals surface area contributed by atoms with E-state index in [0.717, 1.165) is 4.31 Å². The van der Waals surface area contributed by atoms with Crippen LogP contribution in [0.1, 0.15) is 5.82 Å². The molecule has 106 valence electrons. The molecule has 1 saturated heterocycles. The first kappa shape index (κ1) is 14.0. The summed E-state index contributed by atoms with van der Waals surface area (Å²) < 4.78 is 32.4. The lowest BCUT2D eigenvalue weighted by molar-refractivity contribution is -0.153. The topological polar surface area (TPSA) is 102 Å². The Morgan fingerprint density at radius 2 is 2.26 bits per heavy atom. The second-order valence-corrected chi connectivity index (χ2v) is 6.15. The summed E-state index contributed by atoms with van der Waals surface area (Å²) >= 11 is 0. The minimum absolute atomic E-state index is 0.0519. The van der Waals surface area contributed by atoms with Gasteiger partial charge in [-0.3, -0.25) is 0 Å². The average molecular weight is 289 g/mol. The molecule has 1 aromatic rings. The van der Waals surface area contributed by atoms with Gasteiger partial charge in [0, 0.05) is 13.6 Å². The van der Waals surface area contributed by atoms with Gasteiger partial charge in [0.1, 0.15) is 5.82 Å². The molecule has 8 nitrogen and oxygen atoms in total. The number of carboxylic acids is 1. The highest BCUT2D eigenvalue weighted by molar-refractivity contribution is 7.89. The van der Waals surface area contributed by atoms with E-state index in [1.807, 2.05) is 0 Å². The van der Waals surface area contributed by atoms with Gasteiger partial charge >= 0.3 is 5.97 Å². The highest BCUT2D eigenvalue weighted by atomic mass is 32.2. The molecule has 0 saturated carbocycles. The third-order valence-corrected chi connectivity index (χ3v) is 5.01. The van der Waals surface area contributed by atoms with Crippen LogP contribution in [-0.2, 0) is 26.6 Å². The van der Waals surface area contributed by atoms with Crippen molar-refractivity contribution in [1.82, 2.24) is 13.9 Å². The quantitative estimate of drug-likeness (QED) is 0.782. The number of hydrogen-bond donors (Lipinski definition) is 1. The van der Waals surface area contributed by atoms with E-state index in [2.05, 4.69) is 4.98 Å². The normalized spacial score (nSPS) is 21.5. The van der Waals surface area contributed by atoms with Crippen LogP contribution in [0, 0.1) is 6.92 Å². The summed E-state index contributed by atoms with van der Waals surface area (Å²) in [5.74, 6) is -0.595. The van der Waals surface area contributed by atoms with E-state index >= 15 is 0 Å². The van der Waals surface area contributed by atoms with Crippen molar-refractivity contribution in [1.29, 1.82) is 0 Å². The van der Waals surface area contributed by atoms with Crippen LogP contribution < -0.4 is 0 Å². The molecule has 0 radical (unpaired) electrons. The van der Waals surface area contributed by atoms with Gasteiger partial charge in [-0.15, -0.1) is 0 Å². The summed E-state index contributed by atoms with van der Waals surface area (Å²) in [6, 6.07) is 0. The average Bonchev–Trinajstić information content (AvgIpc) is 2.70. The zero-order valence-corrected chi connectivity index (χ0v) is 11.4. The smallest absolute Gasteiger partial charge is 0.334 e. The standard InChI is InChI=1S/C10H15N3O5S/c1-7-11-5-9(12(7)2)19(16,17)13-3-4-18-8(6-13)10(14)15/h5,8H,3-4,6H2,1-2H3,(H,14,15). The Hall–Kier alpha value is -1.45. The van der Waals surface area contributed by atoms with E-state index < -0.39 is 22.1 Å². The molecule has 2 rings (SSSR count). The monoisotopic (exact) mass is 289 g/mol. The fraction of sp³-hybridized carbons (Fsp3) is 0.600. The second-order valence-electron chi connectivity index (χ2n) is 4.26. The van der Waals surface area contributed by atoms with Crippen molar-refractivity contribution in [2.24, 2.45) is 7.05 Å². The predicted octanol–water partition coefficient (Wildman–Crippen LogP) is -0.797. The molecular formula is C10H15N3O5S. The molecule has 1 N–H and O–H groups in total. The maximum atomic E-state index is 12.4. The summed E-state index contributed by atoms with van der Waals surface area (Å²) in [6.07, 6.45) is 0.147. The van der Waals surface area contributed by atoms with Crippen molar-refractivity contribution in [2.75, 3.05) is 19.7 Å². The first-order chi connectivity index (χ1) is 8.84. The lowest BCUT2D eigenvalue weighted by Crippen LogP contribution is -2.48. The van der Waals surface area contributed by atoms with Gasteiger partial charge in [0.2, 0.25) is 0 Å². The number of imidazole rings is 1. The van der Waals surface area contributed by atoms with E-state index in [-0.39, 0.29) is 24.7 Å². The van der Waals surface area contributed by atoms with Crippen molar-refractivity contribution in [3.8, 4) is 0 Å². The van der Waals surface area contributed by atoms with E-state index in [4.69, 9.17) is 9.84 Å². The van der Waals surface area contributed by atoms with Gasteiger partial charge in [-0.25, -0.2) is 18.2 Å². The van der Waals surface area contributed by atoms with Gasteiger partial charge in [0.05, 0.1) is 19.3 Å². The molecule has 1 atom stereocenters. The lowest BCUT2D eigenvalue weighted by atomic mass is 10.3. The van der Waals surface area contributed by atoms with E-state index in [1.54, 1.807) is 14.0 Å². The number of sulfonamides is 1. The Morgan fingerprint density at radius 3 is 2.79 bits per heavy atom. The number of aromatic nitrogens is 2. The fourth-order valence-electron chi connectivity index (χ4n) is 1.85. The fourth-order valence-corrected chi connectivity index (χ4v) is 3.42. The van der Waals surface area contributed by atoms with Crippen LogP contribution in [0.15, 0.2) is 11.2 Å². The van der Waals surface area contributed by atoms with Crippen LogP contribution in [-0.4, -0.2) is 59.2 Å². The first-order valence-electron chi connectivity index (χ1n) is 5.67. The van der Waals surface area contributed by atoms with Crippen molar-refractivity contribution >= 4 is 16.0 Å². The van der Waals surface area contributed by atoms with Crippen molar-refractivity contribution in [2.45, 2.75) is 18.1 Å². The Balaban J connectivity index is 2.30. The van der Waals surface area contributed by atoms with E-state index in [9.17, 15) is 13.2 Å². The summed E-state index contributed by atoms with van der Waals surface area (Å²) in [5.41, 5.74) is 0. The molecule has 0 bridgehead atoms. The molecule has 1 fully saturated rings. The summed E-state index contributed by atoms with van der Waals surface area (Å²) in [7, 11) is -2.15. The van der Waals surface area contributed by atoms with Gasteiger partial charge in [-0.2, -0.15) is 4.31 Å². The van der Waals surface area contributed by atoms with Gasteiger partial charge in [-0.05, 0) is 6.92 Å². The SMILES string of the molecule is Cc1ncc(S(=O)(=O)N2CCOC(C(=O)O)C2)n1C. The van der Waals surface area contributed by atoms with E-state index in [0.29, 0.717) is 5.82 Å². The van der Waals surface area contributed by atoms with Gasteiger partial charge < -0.3 is 14.4 Å². The first-order valence-corrected chi connectivity index (χ1v) is 7.11. The molecule has 0 amide bonds. The number of carboxylic acid groups (broad SMARTS) is 1. The largest absolute Gasteiger partial charge is 0.479 e. The van der Waals surface area contributed by atoms with Crippen LogP contribution in [0.4, 0.5) is 0 Å². The van der Waals surface area contributed by atoms with Crippen LogP contribution in [0.5, 0.6) is 0 Å². The van der Waals surface area contributed by atoms with Crippen LogP contribution >= 0.6 is 0 Å². The molecule has 0 spiro atoms. The van der Waals surface area contributed by atoms with Crippen molar-refractivity contribution < 1.29 is 23.1 Å². The van der Waals surface area contributed by atoms with Crippen LogP contribution in [0.3, 0.4) is 0 Å². The number of ether oxygens (including phenoxy) is 1. The molecule has 0 aromatic carbocycles. The highest BCUT2D eigenvalue weighted by Crippen LogP contribution is 2.19. The Labute approximate surface area is 110 Å². The van der Waals surface area contributed by atoms with Crippen molar-refractivity contribution in [3.05, 3.63) is 12.0 Å². The minimum atomic E-state index is -3.75. The summed E-state index contributed by atoms with van der Waals surface area (Å²) in [4.78, 5) is 14.8. The zero-order valence-electron chi connectivity index (χ0n) is 10.6. The number of morpholine rings is 1. The predicted molar refractivity (Wildman–Crippen MR) is 64.1 cm³/mol. The van der Waals surface area contributed by atoms with E-state index in [1.165, 1.54) is 10.8 Å². The maximum absolute atomic E-state index is 12.4. The number of nitrogens with zero attached hydrogens (tertiary/aromatic N) is 3. The lowest BCUT2D eigenvalue weighted by Gasteiger charge is -2.29. The highest BCUT2D eigenvalue weighted by Gasteiger charge is 2.35. The van der Waals surface area contributed by atoms with Gasteiger partial charge in [0.25, 0.3) is 10.0 Å². The molecule has 1 aliphatic heterocycles. The number of aliphatic carboxylic acids is 1. The Morgan fingerprint density at radius 1 is 1.58 bits per heavy atom. The van der Waals surface area contributed by atoms with Crippen molar-refractivity contribution in [3.63, 3.8) is 0 Å². The molecule has 9 heteroatoms. The molecule has 1 aliphatic rings. The Kier molecular flexibility index (Phi) is 3.61. The number of aryl methyl sites for hydroxylation is 1. The molecule has 1 unspecified atom stereocenters. The second kappa shape index (κ2) is 4.91.